The highest BCUT2D eigenvalue weighted by Crippen LogP contribution is 2.52. The van der Waals surface area contributed by atoms with E-state index >= 15 is 0 Å². The maximum Gasteiger partial charge on any atom is 0.146 e. The van der Waals surface area contributed by atoms with E-state index < -0.39 is 5.92 Å². The third-order valence-electron chi connectivity index (χ3n) is 4.93. The standard InChI is InChI=1S/C14H18N2O2/c1-8-11-4-9-6-16(3)15-13(9)14(11,2)5-10(7-17)12(8)18/h6-8,10-11H,4-5H2,1-3H3/t8-,10?,11-,14-/m0/s1. The van der Waals surface area contributed by atoms with Crippen LogP contribution in [0.4, 0.5) is 0 Å². The summed E-state index contributed by atoms with van der Waals surface area (Å²) >= 11 is 0. The first-order valence-electron chi connectivity index (χ1n) is 6.49. The van der Waals surface area contributed by atoms with Crippen molar-refractivity contribution in [1.82, 2.24) is 9.78 Å². The highest BCUT2D eigenvalue weighted by molar-refractivity contribution is 5.96. The number of fused-ring (bicyclic) bond motifs is 3. The molecule has 4 heteroatoms. The first kappa shape index (κ1) is 11.6. The highest BCUT2D eigenvalue weighted by atomic mass is 16.1. The zero-order valence-corrected chi connectivity index (χ0v) is 11.0. The van der Waals surface area contributed by atoms with E-state index in [-0.39, 0.29) is 17.1 Å². The summed E-state index contributed by atoms with van der Waals surface area (Å²) in [4.78, 5) is 23.2. The Balaban J connectivity index is 2.08. The van der Waals surface area contributed by atoms with Gasteiger partial charge in [0, 0.05) is 24.6 Å². The van der Waals surface area contributed by atoms with Crippen LogP contribution in [-0.2, 0) is 28.5 Å². The number of ketones is 1. The second-order valence-corrected chi connectivity index (χ2v) is 6.04. The number of aryl methyl sites for hydroxylation is 1. The van der Waals surface area contributed by atoms with Crippen molar-refractivity contribution in [2.24, 2.45) is 24.8 Å². The van der Waals surface area contributed by atoms with Crippen molar-refractivity contribution in [1.29, 1.82) is 0 Å². The zero-order chi connectivity index (χ0) is 13.1. The minimum atomic E-state index is -0.450. The van der Waals surface area contributed by atoms with Crippen LogP contribution < -0.4 is 0 Å². The molecule has 0 amide bonds. The van der Waals surface area contributed by atoms with Crippen molar-refractivity contribution < 1.29 is 9.59 Å². The molecule has 2 aliphatic carbocycles. The predicted molar refractivity (Wildman–Crippen MR) is 66.1 cm³/mol. The Morgan fingerprint density at radius 1 is 1.56 bits per heavy atom. The number of hydrogen-bond donors (Lipinski definition) is 0. The van der Waals surface area contributed by atoms with E-state index in [0.717, 1.165) is 18.4 Å². The lowest BCUT2D eigenvalue weighted by Crippen LogP contribution is -2.47. The fourth-order valence-corrected chi connectivity index (χ4v) is 3.99. The molecular weight excluding hydrogens is 228 g/mol. The minimum Gasteiger partial charge on any atom is -0.303 e. The molecule has 1 fully saturated rings. The van der Waals surface area contributed by atoms with E-state index in [2.05, 4.69) is 12.0 Å². The fourth-order valence-electron chi connectivity index (χ4n) is 3.99. The Labute approximate surface area is 106 Å². The Morgan fingerprint density at radius 3 is 2.94 bits per heavy atom. The molecule has 0 saturated heterocycles. The molecule has 0 aliphatic heterocycles. The van der Waals surface area contributed by atoms with Gasteiger partial charge in [0.1, 0.15) is 12.1 Å². The molecule has 1 saturated carbocycles. The van der Waals surface area contributed by atoms with Crippen molar-refractivity contribution >= 4 is 12.1 Å². The minimum absolute atomic E-state index is 0.0431. The molecule has 2 aliphatic rings. The molecule has 0 spiro atoms. The van der Waals surface area contributed by atoms with Gasteiger partial charge in [-0.3, -0.25) is 9.48 Å². The highest BCUT2D eigenvalue weighted by Gasteiger charge is 2.54. The Kier molecular flexibility index (Phi) is 2.28. The third kappa shape index (κ3) is 1.29. The van der Waals surface area contributed by atoms with Crippen LogP contribution in [0.25, 0.3) is 0 Å². The number of carbonyl (C=O) groups excluding carboxylic acids is 2. The number of Topliss-reactive ketones (excluding diaryl/α,β-unsaturated/α-hetero) is 1. The fraction of sp³-hybridized carbons (Fsp3) is 0.643. The lowest BCUT2D eigenvalue weighted by molar-refractivity contribution is -0.136. The van der Waals surface area contributed by atoms with Crippen LogP contribution in [0.5, 0.6) is 0 Å². The summed E-state index contributed by atoms with van der Waals surface area (Å²) in [6.45, 7) is 4.13. The smallest absolute Gasteiger partial charge is 0.146 e. The van der Waals surface area contributed by atoms with Gasteiger partial charge < -0.3 is 4.79 Å². The Morgan fingerprint density at radius 2 is 2.28 bits per heavy atom. The average Bonchev–Trinajstić information content (AvgIpc) is 2.81. The molecular formula is C14H18N2O2. The van der Waals surface area contributed by atoms with Gasteiger partial charge in [0.2, 0.25) is 0 Å². The SMILES string of the molecule is C[C@@H]1C(=O)C(C=O)C[C@]2(C)c3nn(C)cc3C[C@@H]12. The lowest BCUT2D eigenvalue weighted by atomic mass is 9.60. The Hall–Kier alpha value is -1.45. The number of hydrogen-bond acceptors (Lipinski definition) is 3. The summed E-state index contributed by atoms with van der Waals surface area (Å²) in [5.41, 5.74) is 2.23. The summed E-state index contributed by atoms with van der Waals surface area (Å²) in [5.74, 6) is -0.0745. The molecule has 18 heavy (non-hydrogen) atoms. The largest absolute Gasteiger partial charge is 0.303 e. The molecule has 0 radical (unpaired) electrons. The van der Waals surface area contributed by atoms with Crippen molar-refractivity contribution in [2.45, 2.75) is 32.1 Å². The van der Waals surface area contributed by atoms with E-state index in [1.54, 1.807) is 0 Å². The second kappa shape index (κ2) is 3.53. The van der Waals surface area contributed by atoms with Crippen LogP contribution in [0.2, 0.25) is 0 Å². The molecule has 3 rings (SSSR count). The number of aromatic nitrogens is 2. The third-order valence-corrected chi connectivity index (χ3v) is 4.93. The molecule has 0 N–H and O–H groups in total. The van der Waals surface area contributed by atoms with E-state index in [4.69, 9.17) is 0 Å². The van der Waals surface area contributed by atoms with E-state index in [9.17, 15) is 9.59 Å². The summed E-state index contributed by atoms with van der Waals surface area (Å²) in [5, 5.41) is 4.56. The first-order chi connectivity index (χ1) is 8.47. The van der Waals surface area contributed by atoms with E-state index in [0.29, 0.717) is 12.3 Å². The van der Waals surface area contributed by atoms with Gasteiger partial charge in [0.25, 0.3) is 0 Å². The number of nitrogens with zero attached hydrogens (tertiary/aromatic N) is 2. The number of rotatable bonds is 1. The van der Waals surface area contributed by atoms with Crippen LogP contribution in [0.3, 0.4) is 0 Å². The van der Waals surface area contributed by atoms with E-state index in [1.165, 1.54) is 5.56 Å². The number of aldehydes is 1. The van der Waals surface area contributed by atoms with Crippen molar-refractivity contribution in [2.75, 3.05) is 0 Å². The van der Waals surface area contributed by atoms with Crippen LogP contribution in [-0.4, -0.2) is 21.8 Å². The molecule has 4 atom stereocenters. The van der Waals surface area contributed by atoms with Crippen molar-refractivity contribution in [3.05, 3.63) is 17.5 Å². The molecule has 0 bridgehead atoms. The van der Waals surface area contributed by atoms with Gasteiger partial charge in [-0.05, 0) is 24.3 Å². The van der Waals surface area contributed by atoms with Gasteiger partial charge in [-0.15, -0.1) is 0 Å². The predicted octanol–water partition coefficient (Wildman–Crippen LogP) is 1.27. The monoisotopic (exact) mass is 246 g/mol. The van der Waals surface area contributed by atoms with Gasteiger partial charge >= 0.3 is 0 Å². The van der Waals surface area contributed by atoms with Gasteiger partial charge in [-0.1, -0.05) is 13.8 Å². The Bertz CT molecular complexity index is 534. The second-order valence-electron chi connectivity index (χ2n) is 6.04. The molecule has 1 aromatic heterocycles. The van der Waals surface area contributed by atoms with Gasteiger partial charge in [-0.25, -0.2) is 0 Å². The van der Waals surface area contributed by atoms with Crippen LogP contribution in [0.15, 0.2) is 6.20 Å². The lowest BCUT2D eigenvalue weighted by Gasteiger charge is -2.41. The molecule has 1 heterocycles. The van der Waals surface area contributed by atoms with Gasteiger partial charge in [-0.2, -0.15) is 5.10 Å². The molecule has 96 valence electrons. The average molecular weight is 246 g/mol. The number of carbonyl (C=O) groups is 2. The summed E-state index contributed by atoms with van der Waals surface area (Å²) in [6, 6.07) is 0. The summed E-state index contributed by atoms with van der Waals surface area (Å²) in [7, 11) is 1.92. The van der Waals surface area contributed by atoms with E-state index in [1.807, 2.05) is 24.9 Å². The van der Waals surface area contributed by atoms with Crippen LogP contribution in [0, 0.1) is 17.8 Å². The van der Waals surface area contributed by atoms with Gasteiger partial charge in [0.05, 0.1) is 11.6 Å². The maximum atomic E-state index is 12.1. The molecule has 4 nitrogen and oxygen atoms in total. The zero-order valence-electron chi connectivity index (χ0n) is 11.0. The first-order valence-corrected chi connectivity index (χ1v) is 6.49. The van der Waals surface area contributed by atoms with Crippen molar-refractivity contribution in [3.63, 3.8) is 0 Å². The van der Waals surface area contributed by atoms with Crippen LogP contribution >= 0.6 is 0 Å². The molecule has 1 unspecified atom stereocenters. The van der Waals surface area contributed by atoms with Gasteiger partial charge in [0.15, 0.2) is 0 Å². The quantitative estimate of drug-likeness (QED) is 0.554. The topological polar surface area (TPSA) is 52.0 Å². The summed E-state index contributed by atoms with van der Waals surface area (Å²) in [6.07, 6.45) is 4.40. The molecule has 0 aromatic carbocycles. The van der Waals surface area contributed by atoms with Crippen LogP contribution in [0.1, 0.15) is 31.5 Å². The maximum absolute atomic E-state index is 12.1. The molecule has 1 aromatic rings. The van der Waals surface area contributed by atoms with Crippen molar-refractivity contribution in [3.8, 4) is 0 Å². The normalized spacial score (nSPS) is 38.4. The summed E-state index contributed by atoms with van der Waals surface area (Å²) < 4.78 is 1.84.